The van der Waals surface area contributed by atoms with Crippen LogP contribution in [0.25, 0.3) is 11.4 Å². The van der Waals surface area contributed by atoms with Crippen LogP contribution in [-0.2, 0) is 16.6 Å². The molecule has 0 saturated carbocycles. The first-order valence-electron chi connectivity index (χ1n) is 7.27. The number of nitrogens with one attached hydrogen (secondary N) is 1. The lowest BCUT2D eigenvalue weighted by Gasteiger charge is -2.10. The Bertz CT molecular complexity index is 969. The van der Waals surface area contributed by atoms with Gasteiger partial charge in [0, 0.05) is 17.8 Å². The predicted octanol–water partition coefficient (Wildman–Crippen LogP) is 2.90. The first-order valence-corrected chi connectivity index (χ1v) is 8.75. The van der Waals surface area contributed by atoms with Gasteiger partial charge in [0.05, 0.1) is 0 Å². The lowest BCUT2D eigenvalue weighted by molar-refractivity contribution is 0.570. The van der Waals surface area contributed by atoms with E-state index in [-0.39, 0.29) is 0 Å². The van der Waals surface area contributed by atoms with Gasteiger partial charge >= 0.3 is 0 Å². The van der Waals surface area contributed by atoms with Crippen molar-refractivity contribution < 1.29 is 12.8 Å². The molecular weight excluding hydrogens is 331 g/mol. The molecule has 0 spiro atoms. The molecule has 3 aromatic rings. The maximum absolute atomic E-state index is 13.7. The molecule has 0 fully saturated rings. The minimum absolute atomic E-state index is 0.321. The van der Waals surface area contributed by atoms with E-state index in [0.717, 1.165) is 6.07 Å². The van der Waals surface area contributed by atoms with E-state index in [4.69, 9.17) is 0 Å². The molecule has 0 radical (unpaired) electrons. The van der Waals surface area contributed by atoms with Gasteiger partial charge in [-0.25, -0.2) is 12.8 Å². The Hall–Kier alpha value is -2.74. The summed E-state index contributed by atoms with van der Waals surface area (Å²) >= 11 is 0. The maximum Gasteiger partial charge on any atom is 0.264 e. The van der Waals surface area contributed by atoms with Crippen molar-refractivity contribution >= 4 is 15.7 Å². The minimum atomic E-state index is -4.01. The van der Waals surface area contributed by atoms with E-state index < -0.39 is 20.7 Å². The number of aromatic nitrogens is 3. The van der Waals surface area contributed by atoms with Crippen molar-refractivity contribution in [2.45, 2.75) is 18.4 Å². The highest BCUT2D eigenvalue weighted by Crippen LogP contribution is 2.23. The number of nitrogens with zero attached hydrogens (tertiary/aromatic N) is 3. The van der Waals surface area contributed by atoms with Gasteiger partial charge in [0.2, 0.25) is 0 Å². The first kappa shape index (κ1) is 16.1. The van der Waals surface area contributed by atoms with Crippen molar-refractivity contribution in [1.82, 2.24) is 14.8 Å². The molecular formula is C16H15FN4O2S. The van der Waals surface area contributed by atoms with Crippen LogP contribution in [0.2, 0.25) is 0 Å². The van der Waals surface area contributed by atoms with Crippen LogP contribution >= 0.6 is 0 Å². The van der Waals surface area contributed by atoms with Gasteiger partial charge in [-0.2, -0.15) is 0 Å². The van der Waals surface area contributed by atoms with Crippen LogP contribution in [0.15, 0.2) is 59.8 Å². The third-order valence-corrected chi connectivity index (χ3v) is 4.87. The second-order valence-corrected chi connectivity index (χ2v) is 6.71. The van der Waals surface area contributed by atoms with Crippen molar-refractivity contribution in [2.75, 3.05) is 4.72 Å². The summed E-state index contributed by atoms with van der Waals surface area (Å²) in [5.41, 5.74) is 1.03. The quantitative estimate of drug-likeness (QED) is 0.771. The molecule has 24 heavy (non-hydrogen) atoms. The summed E-state index contributed by atoms with van der Waals surface area (Å²) in [5.74, 6) is -0.170. The monoisotopic (exact) mass is 346 g/mol. The minimum Gasteiger partial charge on any atom is -0.314 e. The molecule has 0 bridgehead atoms. The van der Waals surface area contributed by atoms with Gasteiger partial charge in [0.25, 0.3) is 10.0 Å². The van der Waals surface area contributed by atoms with Crippen LogP contribution in [0.5, 0.6) is 0 Å². The van der Waals surface area contributed by atoms with Crippen molar-refractivity contribution in [3.8, 4) is 11.4 Å². The highest BCUT2D eigenvalue weighted by atomic mass is 32.2. The Morgan fingerprint density at radius 1 is 1.17 bits per heavy atom. The second-order valence-electron chi connectivity index (χ2n) is 5.06. The van der Waals surface area contributed by atoms with Gasteiger partial charge in [-0.3, -0.25) is 4.72 Å². The second kappa shape index (κ2) is 6.40. The predicted molar refractivity (Wildman–Crippen MR) is 88.3 cm³/mol. The summed E-state index contributed by atoms with van der Waals surface area (Å²) in [6.45, 7) is 2.64. The van der Waals surface area contributed by atoms with Crippen molar-refractivity contribution in [3.63, 3.8) is 0 Å². The van der Waals surface area contributed by atoms with Crippen LogP contribution in [0, 0.1) is 5.82 Å². The largest absolute Gasteiger partial charge is 0.314 e. The molecule has 1 N–H and O–H groups in total. The van der Waals surface area contributed by atoms with Crippen molar-refractivity contribution in [3.05, 3.63) is 60.7 Å². The first-order chi connectivity index (χ1) is 11.5. The van der Waals surface area contributed by atoms with Crippen LogP contribution in [0.1, 0.15) is 6.92 Å². The molecule has 1 heterocycles. The molecule has 1 aromatic heterocycles. The normalized spacial score (nSPS) is 11.4. The Balaban J connectivity index is 1.94. The molecule has 0 aliphatic rings. The number of benzene rings is 2. The fraction of sp³-hybridized carbons (Fsp3) is 0.125. The summed E-state index contributed by atoms with van der Waals surface area (Å²) in [7, 11) is -4.01. The molecule has 2 aromatic carbocycles. The summed E-state index contributed by atoms with van der Waals surface area (Å²) < 4.78 is 42.7. The lowest BCUT2D eigenvalue weighted by atomic mass is 10.2. The van der Waals surface area contributed by atoms with Crippen molar-refractivity contribution in [1.29, 1.82) is 0 Å². The van der Waals surface area contributed by atoms with Crippen LogP contribution in [0.4, 0.5) is 10.1 Å². The fourth-order valence-electron chi connectivity index (χ4n) is 2.30. The number of rotatable bonds is 5. The zero-order valence-electron chi connectivity index (χ0n) is 12.8. The zero-order chi connectivity index (χ0) is 17.2. The van der Waals surface area contributed by atoms with E-state index in [1.165, 1.54) is 18.2 Å². The smallest absolute Gasteiger partial charge is 0.264 e. The average Bonchev–Trinajstić information content (AvgIpc) is 3.03. The Morgan fingerprint density at radius 2 is 1.96 bits per heavy atom. The van der Waals surface area contributed by atoms with Gasteiger partial charge in [0.1, 0.15) is 17.0 Å². The maximum atomic E-state index is 13.7. The van der Waals surface area contributed by atoms with E-state index in [1.807, 2.05) is 11.5 Å². The topological polar surface area (TPSA) is 76.9 Å². The molecule has 6 nitrogen and oxygen atoms in total. The summed E-state index contributed by atoms with van der Waals surface area (Å²) in [6, 6.07) is 12.0. The summed E-state index contributed by atoms with van der Waals surface area (Å²) in [4.78, 5) is -0.396. The van der Waals surface area contributed by atoms with Crippen LogP contribution < -0.4 is 4.72 Å². The van der Waals surface area contributed by atoms with E-state index in [9.17, 15) is 12.8 Å². The fourth-order valence-corrected chi connectivity index (χ4v) is 3.43. The molecule has 3 rings (SSSR count). The molecule has 8 heteroatoms. The van der Waals surface area contributed by atoms with E-state index >= 15 is 0 Å². The molecule has 0 aliphatic heterocycles. The SMILES string of the molecule is CCn1cnnc1-c1cccc(NS(=O)(=O)c2ccccc2F)c1. The molecule has 0 atom stereocenters. The van der Waals surface area contributed by atoms with E-state index in [2.05, 4.69) is 14.9 Å². The highest BCUT2D eigenvalue weighted by Gasteiger charge is 2.19. The number of halogens is 1. The van der Waals surface area contributed by atoms with Gasteiger partial charge in [-0.15, -0.1) is 10.2 Å². The number of aryl methyl sites for hydroxylation is 1. The van der Waals surface area contributed by atoms with Gasteiger partial charge in [-0.05, 0) is 31.2 Å². The average molecular weight is 346 g/mol. The van der Waals surface area contributed by atoms with Crippen LogP contribution in [-0.4, -0.2) is 23.2 Å². The number of anilines is 1. The molecule has 0 amide bonds. The standard InChI is InChI=1S/C16H15FN4O2S/c1-2-21-11-18-19-16(21)12-6-5-7-13(10-12)20-24(22,23)15-9-4-3-8-14(15)17/h3-11,20H,2H2,1H3. The van der Waals surface area contributed by atoms with Gasteiger partial charge in [0.15, 0.2) is 5.82 Å². The molecule has 124 valence electrons. The van der Waals surface area contributed by atoms with E-state index in [1.54, 1.807) is 30.6 Å². The molecule has 0 unspecified atom stereocenters. The number of hydrogen-bond acceptors (Lipinski definition) is 4. The molecule has 0 saturated heterocycles. The Labute approximate surface area is 139 Å². The Morgan fingerprint density at radius 3 is 2.71 bits per heavy atom. The molecule has 0 aliphatic carbocycles. The highest BCUT2D eigenvalue weighted by molar-refractivity contribution is 7.92. The summed E-state index contributed by atoms with van der Waals surface area (Å²) in [6.07, 6.45) is 1.60. The summed E-state index contributed by atoms with van der Waals surface area (Å²) in [5, 5.41) is 7.90. The number of hydrogen-bond donors (Lipinski definition) is 1. The lowest BCUT2D eigenvalue weighted by Crippen LogP contribution is -2.14. The van der Waals surface area contributed by atoms with E-state index in [0.29, 0.717) is 23.6 Å². The van der Waals surface area contributed by atoms with Crippen LogP contribution in [0.3, 0.4) is 0 Å². The third kappa shape index (κ3) is 3.13. The zero-order valence-corrected chi connectivity index (χ0v) is 13.7. The van der Waals surface area contributed by atoms with Crippen molar-refractivity contribution in [2.24, 2.45) is 0 Å². The van der Waals surface area contributed by atoms with Gasteiger partial charge in [-0.1, -0.05) is 24.3 Å². The van der Waals surface area contributed by atoms with Gasteiger partial charge < -0.3 is 4.57 Å². The Kier molecular flexibility index (Phi) is 4.30. The number of sulfonamides is 1. The third-order valence-electron chi connectivity index (χ3n) is 3.46.